The molecule has 7 nitrogen and oxygen atoms in total. The van der Waals surface area contributed by atoms with Crippen LogP contribution in [0.3, 0.4) is 0 Å². The van der Waals surface area contributed by atoms with Gasteiger partial charge >= 0.3 is 6.18 Å². The van der Waals surface area contributed by atoms with Crippen molar-refractivity contribution < 1.29 is 26.5 Å². The summed E-state index contributed by atoms with van der Waals surface area (Å²) in [5.74, 6) is 0. The zero-order valence-corrected chi connectivity index (χ0v) is 17.1. The van der Waals surface area contributed by atoms with Gasteiger partial charge in [-0.05, 0) is 49.2 Å². The van der Waals surface area contributed by atoms with Crippen LogP contribution >= 0.6 is 0 Å². The highest BCUT2D eigenvalue weighted by Crippen LogP contribution is 2.37. The number of halogens is 3. The molecule has 1 fully saturated rings. The lowest BCUT2D eigenvalue weighted by Gasteiger charge is -2.35. The number of benzene rings is 2. The van der Waals surface area contributed by atoms with E-state index >= 15 is 0 Å². The summed E-state index contributed by atoms with van der Waals surface area (Å²) in [4.78, 5) is 12.2. The predicted molar refractivity (Wildman–Crippen MR) is 105 cm³/mol. The van der Waals surface area contributed by atoms with E-state index in [4.69, 9.17) is 0 Å². The number of nitrogens with zero attached hydrogens (tertiary/aromatic N) is 3. The molecular formula is C19H20F3N3O4S. The van der Waals surface area contributed by atoms with Gasteiger partial charge < -0.3 is 4.90 Å². The van der Waals surface area contributed by atoms with Crippen LogP contribution in [0.15, 0.2) is 41.3 Å². The Bertz CT molecular complexity index is 1080. The summed E-state index contributed by atoms with van der Waals surface area (Å²) in [5.41, 5.74) is 0.0869. The fraction of sp³-hybridized carbons (Fsp3) is 0.368. The van der Waals surface area contributed by atoms with Crippen molar-refractivity contribution in [1.29, 1.82) is 0 Å². The van der Waals surface area contributed by atoms with E-state index in [1.807, 2.05) is 13.8 Å². The predicted octanol–water partition coefficient (Wildman–Crippen LogP) is 3.74. The Morgan fingerprint density at radius 2 is 1.60 bits per heavy atom. The minimum atomic E-state index is -4.69. The Kier molecular flexibility index (Phi) is 5.79. The van der Waals surface area contributed by atoms with Gasteiger partial charge in [0.25, 0.3) is 5.69 Å². The normalized spacial score (nSPS) is 16.0. The van der Waals surface area contributed by atoms with Crippen molar-refractivity contribution in [1.82, 2.24) is 4.31 Å². The molecule has 11 heteroatoms. The monoisotopic (exact) mass is 443 g/mol. The molecule has 2 aromatic rings. The summed E-state index contributed by atoms with van der Waals surface area (Å²) < 4.78 is 65.8. The number of alkyl halides is 3. The molecule has 0 aliphatic carbocycles. The topological polar surface area (TPSA) is 83.8 Å². The van der Waals surface area contributed by atoms with E-state index in [-0.39, 0.29) is 36.8 Å². The number of nitro benzene ring substituents is 1. The highest BCUT2D eigenvalue weighted by molar-refractivity contribution is 7.89. The minimum Gasteiger partial charge on any atom is -0.363 e. The van der Waals surface area contributed by atoms with Gasteiger partial charge in [0.1, 0.15) is 5.69 Å². The standard InChI is InChI=1S/C19H20F3N3O4S/c1-13-3-5-16(11-14(13)2)30(28,29)24-9-7-23(8-10-24)17-6-4-15(19(20,21)22)12-18(17)25(26)27/h3-6,11-12H,7-10H2,1-2H3. The first-order chi connectivity index (χ1) is 13.9. The van der Waals surface area contributed by atoms with Crippen LogP contribution in [-0.2, 0) is 16.2 Å². The van der Waals surface area contributed by atoms with E-state index in [1.54, 1.807) is 12.1 Å². The van der Waals surface area contributed by atoms with Gasteiger partial charge in [0.05, 0.1) is 15.4 Å². The third-order valence-electron chi connectivity index (χ3n) is 5.19. The lowest BCUT2D eigenvalue weighted by atomic mass is 10.1. The molecule has 162 valence electrons. The fourth-order valence-corrected chi connectivity index (χ4v) is 4.81. The molecule has 0 saturated carbocycles. The first kappa shape index (κ1) is 22.0. The second-order valence-corrected chi connectivity index (χ2v) is 9.03. The fourth-order valence-electron chi connectivity index (χ4n) is 3.31. The van der Waals surface area contributed by atoms with Crippen LogP contribution in [0, 0.1) is 24.0 Å². The van der Waals surface area contributed by atoms with Crippen molar-refractivity contribution in [2.75, 3.05) is 31.1 Å². The summed E-state index contributed by atoms with van der Waals surface area (Å²) >= 11 is 0. The summed E-state index contributed by atoms with van der Waals surface area (Å²) in [6.45, 7) is 4.06. The number of hydrogen-bond acceptors (Lipinski definition) is 5. The van der Waals surface area contributed by atoms with Gasteiger partial charge in [-0.15, -0.1) is 0 Å². The van der Waals surface area contributed by atoms with Crippen molar-refractivity contribution in [2.24, 2.45) is 0 Å². The van der Waals surface area contributed by atoms with Crippen molar-refractivity contribution in [2.45, 2.75) is 24.9 Å². The summed E-state index contributed by atoms with van der Waals surface area (Å²) in [7, 11) is -3.74. The Morgan fingerprint density at radius 1 is 0.967 bits per heavy atom. The second kappa shape index (κ2) is 7.88. The molecule has 1 heterocycles. The van der Waals surface area contributed by atoms with Crippen molar-refractivity contribution >= 4 is 21.4 Å². The average molecular weight is 443 g/mol. The second-order valence-electron chi connectivity index (χ2n) is 7.10. The van der Waals surface area contributed by atoms with Gasteiger partial charge in [0, 0.05) is 32.2 Å². The van der Waals surface area contributed by atoms with Gasteiger partial charge in [0.2, 0.25) is 10.0 Å². The minimum absolute atomic E-state index is 0.0382. The zero-order valence-electron chi connectivity index (χ0n) is 16.3. The Morgan fingerprint density at radius 3 is 2.13 bits per heavy atom. The number of sulfonamides is 1. The van der Waals surface area contributed by atoms with E-state index in [0.717, 1.165) is 23.3 Å². The highest BCUT2D eigenvalue weighted by atomic mass is 32.2. The molecule has 1 aliphatic rings. The van der Waals surface area contributed by atoms with Crippen LogP contribution in [-0.4, -0.2) is 43.8 Å². The SMILES string of the molecule is Cc1ccc(S(=O)(=O)N2CCN(c3ccc(C(F)(F)F)cc3[N+](=O)[O-])CC2)cc1C. The van der Waals surface area contributed by atoms with Gasteiger partial charge in [-0.1, -0.05) is 6.07 Å². The molecule has 0 N–H and O–H groups in total. The molecule has 0 aromatic heterocycles. The van der Waals surface area contributed by atoms with E-state index in [2.05, 4.69) is 0 Å². The van der Waals surface area contributed by atoms with E-state index in [0.29, 0.717) is 6.07 Å². The summed E-state index contributed by atoms with van der Waals surface area (Å²) in [5, 5.41) is 11.3. The highest BCUT2D eigenvalue weighted by Gasteiger charge is 2.35. The maximum atomic E-state index is 12.9. The van der Waals surface area contributed by atoms with Crippen LogP contribution < -0.4 is 4.90 Å². The van der Waals surface area contributed by atoms with Crippen LogP contribution in [0.2, 0.25) is 0 Å². The molecule has 3 rings (SSSR count). The lowest BCUT2D eigenvalue weighted by Crippen LogP contribution is -2.48. The summed E-state index contributed by atoms with van der Waals surface area (Å²) in [6, 6.07) is 7.22. The van der Waals surface area contributed by atoms with Crippen LogP contribution in [0.5, 0.6) is 0 Å². The largest absolute Gasteiger partial charge is 0.416 e. The van der Waals surface area contributed by atoms with E-state index in [1.165, 1.54) is 15.3 Å². The van der Waals surface area contributed by atoms with E-state index in [9.17, 15) is 31.7 Å². The van der Waals surface area contributed by atoms with Crippen LogP contribution in [0.1, 0.15) is 16.7 Å². The first-order valence-electron chi connectivity index (χ1n) is 9.09. The lowest BCUT2D eigenvalue weighted by molar-refractivity contribution is -0.384. The van der Waals surface area contributed by atoms with Gasteiger partial charge in [-0.3, -0.25) is 10.1 Å². The molecule has 0 unspecified atom stereocenters. The molecular weight excluding hydrogens is 423 g/mol. The van der Waals surface area contributed by atoms with Gasteiger partial charge in [-0.25, -0.2) is 8.42 Å². The van der Waals surface area contributed by atoms with E-state index < -0.39 is 32.4 Å². The molecule has 0 atom stereocenters. The summed E-state index contributed by atoms with van der Waals surface area (Å²) in [6.07, 6.45) is -4.69. The molecule has 0 spiro atoms. The maximum absolute atomic E-state index is 12.9. The third kappa shape index (κ3) is 4.26. The number of hydrogen-bond donors (Lipinski definition) is 0. The van der Waals surface area contributed by atoms with Gasteiger partial charge in [-0.2, -0.15) is 17.5 Å². The Balaban J connectivity index is 1.81. The molecule has 30 heavy (non-hydrogen) atoms. The molecule has 0 amide bonds. The quantitative estimate of drug-likeness (QED) is 0.531. The molecule has 0 radical (unpaired) electrons. The Labute approximate surface area is 171 Å². The maximum Gasteiger partial charge on any atom is 0.416 e. The first-order valence-corrected chi connectivity index (χ1v) is 10.5. The van der Waals surface area contributed by atoms with Gasteiger partial charge in [0.15, 0.2) is 0 Å². The number of nitro groups is 1. The van der Waals surface area contributed by atoms with Crippen LogP contribution in [0.4, 0.5) is 24.5 Å². The molecule has 1 saturated heterocycles. The number of aryl methyl sites for hydroxylation is 2. The number of rotatable bonds is 4. The molecule has 2 aromatic carbocycles. The molecule has 1 aliphatic heterocycles. The number of anilines is 1. The average Bonchev–Trinajstić information content (AvgIpc) is 2.69. The van der Waals surface area contributed by atoms with Crippen molar-refractivity contribution in [3.63, 3.8) is 0 Å². The number of piperazine rings is 1. The zero-order chi connectivity index (χ0) is 22.3. The Hall–Kier alpha value is -2.66. The third-order valence-corrected chi connectivity index (χ3v) is 7.09. The smallest absolute Gasteiger partial charge is 0.363 e. The van der Waals surface area contributed by atoms with Crippen molar-refractivity contribution in [3.05, 3.63) is 63.2 Å². The van der Waals surface area contributed by atoms with Crippen LogP contribution in [0.25, 0.3) is 0 Å². The van der Waals surface area contributed by atoms with Crippen molar-refractivity contribution in [3.8, 4) is 0 Å². The molecule has 0 bridgehead atoms.